The molecule has 84 valence electrons. The average Bonchev–Trinajstić information content (AvgIpc) is 2.06. The van der Waals surface area contributed by atoms with E-state index in [4.69, 9.17) is 10.7 Å². The Labute approximate surface area is 88.9 Å². The van der Waals surface area contributed by atoms with Crippen LogP contribution in [0.4, 0.5) is 8.78 Å². The van der Waals surface area contributed by atoms with Gasteiger partial charge in [0.25, 0.3) is 15.5 Å². The zero-order valence-corrected chi connectivity index (χ0v) is 8.98. The summed E-state index contributed by atoms with van der Waals surface area (Å²) in [6, 6.07) is 0.894. The Kier molecular flexibility index (Phi) is 3.15. The van der Waals surface area contributed by atoms with E-state index in [2.05, 4.69) is 4.98 Å². The van der Waals surface area contributed by atoms with Crippen molar-refractivity contribution in [1.82, 2.24) is 4.98 Å². The summed E-state index contributed by atoms with van der Waals surface area (Å²) in [5.74, 6) is -1.11. The summed E-state index contributed by atoms with van der Waals surface area (Å²) in [6.07, 6.45) is -3.00. The summed E-state index contributed by atoms with van der Waals surface area (Å²) in [7, 11) is 0.583. The Hall–Kier alpha value is -0.950. The van der Waals surface area contributed by atoms with Crippen molar-refractivity contribution >= 4 is 19.7 Å². The lowest BCUT2D eigenvalue weighted by atomic mass is 10.2. The highest BCUT2D eigenvalue weighted by Gasteiger charge is 2.24. The predicted molar refractivity (Wildman–Crippen MR) is 48.6 cm³/mol. The third kappa shape index (κ3) is 2.54. The maximum Gasteiger partial charge on any atom is 0.282 e. The minimum absolute atomic E-state index is 0.0299. The van der Waals surface area contributed by atoms with Gasteiger partial charge in [0, 0.05) is 16.4 Å². The minimum atomic E-state index is -4.33. The molecule has 0 unspecified atom stereocenters. The summed E-state index contributed by atoms with van der Waals surface area (Å²) in [5.41, 5.74) is -0.774. The number of hydrogen-bond acceptors (Lipinski definition) is 4. The standard InChI is InChI=1S/C7H6ClF2NO3S/c1-3-2-4(6(9)10)5(12)7(11-3)15(8,13)14/h2,6,12H,1H3. The van der Waals surface area contributed by atoms with Crippen LogP contribution >= 0.6 is 10.7 Å². The molecule has 1 rings (SSSR count). The molecule has 0 bridgehead atoms. The molecule has 1 aromatic heterocycles. The summed E-state index contributed by atoms with van der Waals surface area (Å²) >= 11 is 0. The van der Waals surface area contributed by atoms with Gasteiger partial charge in [-0.05, 0) is 13.0 Å². The van der Waals surface area contributed by atoms with Gasteiger partial charge >= 0.3 is 0 Å². The van der Waals surface area contributed by atoms with Gasteiger partial charge in [0.1, 0.15) is 0 Å². The van der Waals surface area contributed by atoms with Crippen molar-refractivity contribution in [2.45, 2.75) is 18.4 Å². The first kappa shape index (κ1) is 12.1. The van der Waals surface area contributed by atoms with E-state index in [1.807, 2.05) is 0 Å². The molecule has 0 spiro atoms. The van der Waals surface area contributed by atoms with E-state index in [1.54, 1.807) is 0 Å². The Balaban J connectivity index is 3.56. The van der Waals surface area contributed by atoms with Crippen LogP contribution in [0.1, 0.15) is 17.7 Å². The lowest BCUT2D eigenvalue weighted by Gasteiger charge is -2.07. The fraction of sp³-hybridized carbons (Fsp3) is 0.286. The van der Waals surface area contributed by atoms with Gasteiger partial charge in [0.2, 0.25) is 5.03 Å². The van der Waals surface area contributed by atoms with Crippen LogP contribution in [0.25, 0.3) is 0 Å². The minimum Gasteiger partial charge on any atom is -0.505 e. The van der Waals surface area contributed by atoms with Gasteiger partial charge in [-0.2, -0.15) is 0 Å². The quantitative estimate of drug-likeness (QED) is 0.823. The second-order valence-electron chi connectivity index (χ2n) is 2.75. The van der Waals surface area contributed by atoms with Crippen LogP contribution in [0.15, 0.2) is 11.1 Å². The first-order chi connectivity index (χ1) is 6.73. The highest BCUT2D eigenvalue weighted by molar-refractivity contribution is 8.13. The van der Waals surface area contributed by atoms with E-state index in [9.17, 15) is 22.3 Å². The maximum atomic E-state index is 12.4. The molecule has 0 saturated carbocycles. The molecule has 4 nitrogen and oxygen atoms in total. The highest BCUT2D eigenvalue weighted by Crippen LogP contribution is 2.34. The monoisotopic (exact) mass is 257 g/mol. The number of aromatic nitrogens is 1. The first-order valence-corrected chi connectivity index (χ1v) is 5.97. The number of halogens is 3. The zero-order valence-electron chi connectivity index (χ0n) is 7.41. The van der Waals surface area contributed by atoms with Crippen LogP contribution < -0.4 is 0 Å². The average molecular weight is 258 g/mol. The zero-order chi connectivity index (χ0) is 11.8. The molecule has 0 aliphatic heterocycles. The number of aryl methyl sites for hydroxylation is 1. The summed E-state index contributed by atoms with van der Waals surface area (Å²) in [6.45, 7) is 1.32. The molecular weight excluding hydrogens is 252 g/mol. The predicted octanol–water partition coefficient (Wildman–Crippen LogP) is 1.96. The number of nitrogens with zero attached hydrogens (tertiary/aromatic N) is 1. The van der Waals surface area contributed by atoms with Gasteiger partial charge in [0.05, 0.1) is 5.56 Å². The van der Waals surface area contributed by atoms with Crippen LogP contribution in [0.5, 0.6) is 5.75 Å². The molecule has 0 fully saturated rings. The van der Waals surface area contributed by atoms with Crippen molar-refractivity contribution < 1.29 is 22.3 Å². The summed E-state index contributed by atoms with van der Waals surface area (Å²) in [5, 5.41) is 8.27. The van der Waals surface area contributed by atoms with Crippen molar-refractivity contribution in [1.29, 1.82) is 0 Å². The van der Waals surface area contributed by atoms with E-state index >= 15 is 0 Å². The molecule has 1 heterocycles. The lowest BCUT2D eigenvalue weighted by molar-refractivity contribution is 0.146. The van der Waals surface area contributed by atoms with Gasteiger partial charge in [0.15, 0.2) is 5.75 Å². The first-order valence-electron chi connectivity index (χ1n) is 3.67. The van der Waals surface area contributed by atoms with Crippen molar-refractivity contribution in [2.24, 2.45) is 0 Å². The molecule has 1 aromatic rings. The van der Waals surface area contributed by atoms with Crippen molar-refractivity contribution in [3.8, 4) is 5.75 Å². The van der Waals surface area contributed by atoms with E-state index in [1.165, 1.54) is 6.92 Å². The SMILES string of the molecule is Cc1cc(C(F)F)c(O)c(S(=O)(=O)Cl)n1. The number of aromatic hydroxyl groups is 1. The van der Waals surface area contributed by atoms with E-state index < -0.39 is 31.8 Å². The van der Waals surface area contributed by atoms with Gasteiger partial charge in [-0.1, -0.05) is 0 Å². The fourth-order valence-electron chi connectivity index (χ4n) is 0.999. The maximum absolute atomic E-state index is 12.4. The molecular formula is C7H6ClF2NO3S. The number of hydrogen-bond donors (Lipinski definition) is 1. The third-order valence-corrected chi connectivity index (χ3v) is 2.77. The largest absolute Gasteiger partial charge is 0.505 e. The van der Waals surface area contributed by atoms with Crippen LogP contribution in [0.3, 0.4) is 0 Å². The van der Waals surface area contributed by atoms with E-state index in [0.717, 1.165) is 6.07 Å². The molecule has 0 aromatic carbocycles. The Bertz CT molecular complexity index is 489. The molecule has 0 amide bonds. The third-order valence-electron chi connectivity index (χ3n) is 1.58. The number of alkyl halides is 2. The molecule has 0 saturated heterocycles. The lowest BCUT2D eigenvalue weighted by Crippen LogP contribution is -2.01. The summed E-state index contributed by atoms with van der Waals surface area (Å²) < 4.78 is 46.5. The van der Waals surface area contributed by atoms with Crippen LogP contribution in [0, 0.1) is 6.92 Å². The number of pyridine rings is 1. The second kappa shape index (κ2) is 3.90. The van der Waals surface area contributed by atoms with Gasteiger partial charge in [-0.25, -0.2) is 22.2 Å². The Morgan fingerprint density at radius 3 is 2.47 bits per heavy atom. The highest BCUT2D eigenvalue weighted by atomic mass is 35.7. The van der Waals surface area contributed by atoms with Gasteiger partial charge in [-0.15, -0.1) is 0 Å². The van der Waals surface area contributed by atoms with Gasteiger partial charge in [-0.3, -0.25) is 0 Å². The fourth-order valence-corrected chi connectivity index (χ4v) is 1.92. The summed E-state index contributed by atoms with van der Waals surface area (Å²) in [4.78, 5) is 3.38. The molecule has 8 heteroatoms. The van der Waals surface area contributed by atoms with Crippen molar-refractivity contribution in [2.75, 3.05) is 0 Å². The van der Waals surface area contributed by atoms with Crippen LogP contribution in [-0.4, -0.2) is 18.5 Å². The molecule has 15 heavy (non-hydrogen) atoms. The second-order valence-corrected chi connectivity index (χ2v) is 5.23. The van der Waals surface area contributed by atoms with Crippen molar-refractivity contribution in [3.05, 3.63) is 17.3 Å². The van der Waals surface area contributed by atoms with E-state index in [0.29, 0.717) is 0 Å². The van der Waals surface area contributed by atoms with Crippen molar-refractivity contribution in [3.63, 3.8) is 0 Å². The molecule has 0 aliphatic rings. The van der Waals surface area contributed by atoms with Crippen LogP contribution in [0.2, 0.25) is 0 Å². The Morgan fingerprint density at radius 1 is 1.53 bits per heavy atom. The van der Waals surface area contributed by atoms with E-state index in [-0.39, 0.29) is 5.69 Å². The number of rotatable bonds is 2. The van der Waals surface area contributed by atoms with Crippen LogP contribution in [-0.2, 0) is 9.05 Å². The molecule has 0 aliphatic carbocycles. The molecule has 1 N–H and O–H groups in total. The molecule has 0 atom stereocenters. The molecule has 0 radical (unpaired) electrons. The smallest absolute Gasteiger partial charge is 0.282 e. The topological polar surface area (TPSA) is 67.3 Å². The normalized spacial score (nSPS) is 12.1. The van der Waals surface area contributed by atoms with Gasteiger partial charge < -0.3 is 5.11 Å². The Morgan fingerprint density at radius 2 is 2.07 bits per heavy atom.